The smallest absolute Gasteiger partial charge is 0.141 e. The molecule has 0 saturated carbocycles. The fraction of sp³-hybridized carbons (Fsp3) is 0.429. The van der Waals surface area contributed by atoms with Gasteiger partial charge < -0.3 is 14.8 Å². The van der Waals surface area contributed by atoms with Gasteiger partial charge in [-0.2, -0.15) is 0 Å². The average molecular weight is 231 g/mol. The number of rotatable bonds is 2. The van der Waals surface area contributed by atoms with E-state index in [9.17, 15) is 0 Å². The molecule has 1 atom stereocenters. The Morgan fingerprint density at radius 2 is 2.41 bits per heavy atom. The van der Waals surface area contributed by atoms with Gasteiger partial charge in [-0.25, -0.2) is 0 Å². The van der Waals surface area contributed by atoms with Crippen LogP contribution in [0.4, 0.5) is 0 Å². The zero-order valence-corrected chi connectivity index (χ0v) is 10.0. The molecule has 1 N–H and O–H groups in total. The fourth-order valence-electron chi connectivity index (χ4n) is 2.42. The first-order chi connectivity index (χ1) is 8.31. The second-order valence-electron chi connectivity index (χ2n) is 4.56. The minimum absolute atomic E-state index is 0.125. The minimum Gasteiger partial charge on any atom is -0.494 e. The molecule has 0 radical (unpaired) electrons. The lowest BCUT2D eigenvalue weighted by Crippen LogP contribution is -2.37. The van der Waals surface area contributed by atoms with Gasteiger partial charge in [0.2, 0.25) is 0 Å². The standard InChI is InChI=1S/C14H17NO2/c1-2-16-12-3-4-13-11(9-12)5-6-14(17-13)7-8-15-10-14/h3-6,9,15H,2,7-8,10H2,1H3. The van der Waals surface area contributed by atoms with E-state index in [2.05, 4.69) is 17.5 Å². The van der Waals surface area contributed by atoms with Crippen molar-refractivity contribution in [1.29, 1.82) is 0 Å². The van der Waals surface area contributed by atoms with E-state index < -0.39 is 0 Å². The molecule has 1 aromatic carbocycles. The highest BCUT2D eigenvalue weighted by Crippen LogP contribution is 2.35. The van der Waals surface area contributed by atoms with Crippen LogP contribution >= 0.6 is 0 Å². The summed E-state index contributed by atoms with van der Waals surface area (Å²) in [4.78, 5) is 0. The molecule has 90 valence electrons. The maximum Gasteiger partial charge on any atom is 0.141 e. The van der Waals surface area contributed by atoms with Crippen LogP contribution in [0.1, 0.15) is 18.9 Å². The van der Waals surface area contributed by atoms with Crippen molar-refractivity contribution >= 4 is 6.08 Å². The second kappa shape index (κ2) is 4.08. The molecule has 1 fully saturated rings. The van der Waals surface area contributed by atoms with E-state index in [1.807, 2.05) is 25.1 Å². The molecule has 0 aromatic heterocycles. The number of nitrogens with one attached hydrogen (secondary N) is 1. The van der Waals surface area contributed by atoms with E-state index in [4.69, 9.17) is 9.47 Å². The molecule has 1 saturated heterocycles. The van der Waals surface area contributed by atoms with Gasteiger partial charge in [0, 0.05) is 18.5 Å². The van der Waals surface area contributed by atoms with E-state index in [0.717, 1.165) is 36.6 Å². The Hall–Kier alpha value is -1.48. The highest BCUT2D eigenvalue weighted by atomic mass is 16.5. The van der Waals surface area contributed by atoms with Gasteiger partial charge in [-0.05, 0) is 37.7 Å². The third-order valence-electron chi connectivity index (χ3n) is 3.32. The van der Waals surface area contributed by atoms with Crippen LogP contribution in [0.15, 0.2) is 24.3 Å². The van der Waals surface area contributed by atoms with Crippen LogP contribution in [-0.4, -0.2) is 25.3 Å². The summed E-state index contributed by atoms with van der Waals surface area (Å²) in [5.41, 5.74) is 0.980. The van der Waals surface area contributed by atoms with E-state index in [0.29, 0.717) is 6.61 Å². The normalized spacial score (nSPS) is 25.7. The number of fused-ring (bicyclic) bond motifs is 1. The molecule has 3 rings (SSSR count). The van der Waals surface area contributed by atoms with Crippen molar-refractivity contribution in [2.75, 3.05) is 19.7 Å². The summed E-state index contributed by atoms with van der Waals surface area (Å²) < 4.78 is 11.6. The Morgan fingerprint density at radius 1 is 1.47 bits per heavy atom. The molecule has 1 aromatic rings. The van der Waals surface area contributed by atoms with Crippen molar-refractivity contribution in [3.63, 3.8) is 0 Å². The summed E-state index contributed by atoms with van der Waals surface area (Å²) in [7, 11) is 0. The van der Waals surface area contributed by atoms with Gasteiger partial charge in [-0.15, -0.1) is 0 Å². The number of hydrogen-bond donors (Lipinski definition) is 1. The van der Waals surface area contributed by atoms with Gasteiger partial charge in [-0.3, -0.25) is 0 Å². The summed E-state index contributed by atoms with van der Waals surface area (Å²) in [5.74, 6) is 1.86. The number of hydrogen-bond acceptors (Lipinski definition) is 3. The molecule has 0 aliphatic carbocycles. The van der Waals surface area contributed by atoms with Crippen molar-refractivity contribution in [1.82, 2.24) is 5.32 Å². The van der Waals surface area contributed by atoms with Crippen molar-refractivity contribution < 1.29 is 9.47 Å². The Bertz CT molecular complexity index is 448. The maximum atomic E-state index is 6.11. The molecule has 0 bridgehead atoms. The summed E-state index contributed by atoms with van der Waals surface area (Å²) in [6.07, 6.45) is 5.36. The molecule has 3 heteroatoms. The quantitative estimate of drug-likeness (QED) is 0.846. The van der Waals surface area contributed by atoms with Gasteiger partial charge in [0.1, 0.15) is 17.1 Å². The first kappa shape index (κ1) is 10.7. The summed E-state index contributed by atoms with van der Waals surface area (Å²) >= 11 is 0. The predicted octanol–water partition coefficient (Wildman–Crippen LogP) is 2.22. The van der Waals surface area contributed by atoms with Crippen LogP contribution < -0.4 is 14.8 Å². The molecular formula is C14H17NO2. The highest BCUT2D eigenvalue weighted by Gasteiger charge is 2.35. The monoisotopic (exact) mass is 231 g/mol. The number of ether oxygens (including phenoxy) is 2. The van der Waals surface area contributed by atoms with Crippen molar-refractivity contribution in [3.8, 4) is 11.5 Å². The highest BCUT2D eigenvalue weighted by molar-refractivity contribution is 5.63. The van der Waals surface area contributed by atoms with Gasteiger partial charge in [0.25, 0.3) is 0 Å². The van der Waals surface area contributed by atoms with Crippen LogP contribution in [0.3, 0.4) is 0 Å². The van der Waals surface area contributed by atoms with Gasteiger partial charge in [0.15, 0.2) is 0 Å². The lowest BCUT2D eigenvalue weighted by molar-refractivity contribution is 0.139. The molecule has 2 heterocycles. The van der Waals surface area contributed by atoms with Crippen LogP contribution in [0.5, 0.6) is 11.5 Å². The van der Waals surface area contributed by atoms with Crippen LogP contribution in [0.25, 0.3) is 6.08 Å². The average Bonchev–Trinajstić information content (AvgIpc) is 2.78. The Balaban J connectivity index is 1.89. The van der Waals surface area contributed by atoms with Gasteiger partial charge >= 0.3 is 0 Å². The third-order valence-corrected chi connectivity index (χ3v) is 3.32. The zero-order valence-electron chi connectivity index (χ0n) is 10.0. The lowest BCUT2D eigenvalue weighted by atomic mass is 9.97. The molecule has 3 nitrogen and oxygen atoms in total. The summed E-state index contributed by atoms with van der Waals surface area (Å²) in [6, 6.07) is 6.01. The van der Waals surface area contributed by atoms with Crippen LogP contribution in [0, 0.1) is 0 Å². The van der Waals surface area contributed by atoms with Gasteiger partial charge in [0.05, 0.1) is 6.61 Å². The molecular weight excluding hydrogens is 214 g/mol. The maximum absolute atomic E-state index is 6.11. The number of benzene rings is 1. The predicted molar refractivity (Wildman–Crippen MR) is 67.5 cm³/mol. The first-order valence-electron chi connectivity index (χ1n) is 6.17. The van der Waals surface area contributed by atoms with Crippen molar-refractivity contribution in [2.45, 2.75) is 18.9 Å². The van der Waals surface area contributed by atoms with Gasteiger partial charge in [-0.1, -0.05) is 6.08 Å². The second-order valence-corrected chi connectivity index (χ2v) is 4.56. The van der Waals surface area contributed by atoms with Crippen LogP contribution in [-0.2, 0) is 0 Å². The topological polar surface area (TPSA) is 30.5 Å². The fourth-order valence-corrected chi connectivity index (χ4v) is 2.42. The van der Waals surface area contributed by atoms with E-state index in [1.165, 1.54) is 0 Å². The van der Waals surface area contributed by atoms with Crippen molar-refractivity contribution in [2.24, 2.45) is 0 Å². The third kappa shape index (κ3) is 1.91. The van der Waals surface area contributed by atoms with Crippen molar-refractivity contribution in [3.05, 3.63) is 29.8 Å². The Labute approximate surface area is 101 Å². The van der Waals surface area contributed by atoms with E-state index in [-0.39, 0.29) is 5.60 Å². The summed E-state index contributed by atoms with van der Waals surface area (Å²) in [5, 5.41) is 3.34. The molecule has 2 aliphatic heterocycles. The lowest BCUT2D eigenvalue weighted by Gasteiger charge is -2.30. The SMILES string of the molecule is CCOc1ccc2c(c1)C=CC1(CCNC1)O2. The molecule has 0 amide bonds. The first-order valence-corrected chi connectivity index (χ1v) is 6.17. The molecule has 17 heavy (non-hydrogen) atoms. The molecule has 1 spiro atoms. The largest absolute Gasteiger partial charge is 0.494 e. The van der Waals surface area contributed by atoms with Crippen LogP contribution in [0.2, 0.25) is 0 Å². The van der Waals surface area contributed by atoms with E-state index >= 15 is 0 Å². The zero-order chi connectivity index (χ0) is 11.7. The summed E-state index contributed by atoms with van der Waals surface area (Å²) in [6.45, 7) is 4.61. The Kier molecular flexibility index (Phi) is 2.56. The van der Waals surface area contributed by atoms with E-state index in [1.54, 1.807) is 0 Å². The molecule has 1 unspecified atom stereocenters. The minimum atomic E-state index is -0.125. The molecule has 2 aliphatic rings. The Morgan fingerprint density at radius 3 is 3.18 bits per heavy atom.